The second-order valence-electron chi connectivity index (χ2n) is 5.74. The van der Waals surface area contributed by atoms with E-state index in [1.807, 2.05) is 4.90 Å². The highest BCUT2D eigenvalue weighted by Gasteiger charge is 2.22. The number of aliphatic hydroxyl groups is 1. The van der Waals surface area contributed by atoms with Gasteiger partial charge in [0.25, 0.3) is 0 Å². The molecule has 1 saturated heterocycles. The molecule has 2 heterocycles. The van der Waals surface area contributed by atoms with Crippen LogP contribution in [0.15, 0.2) is 12.3 Å². The van der Waals surface area contributed by atoms with Crippen molar-refractivity contribution in [3.8, 4) is 0 Å². The fraction of sp³-hybridized carbons (Fsp3) is 0.765. The number of aliphatic hydroxyl groups excluding tert-OH is 1. The van der Waals surface area contributed by atoms with Crippen LogP contribution in [0.2, 0.25) is 0 Å². The first-order chi connectivity index (χ1) is 12.8. The summed E-state index contributed by atoms with van der Waals surface area (Å²) in [5.74, 6) is 0.613. The van der Waals surface area contributed by atoms with Crippen LogP contribution in [0.3, 0.4) is 0 Å². The maximum atomic E-state index is 9.19. The van der Waals surface area contributed by atoms with E-state index in [0.717, 1.165) is 6.54 Å². The molecule has 1 atom stereocenters. The van der Waals surface area contributed by atoms with Crippen LogP contribution in [0.5, 0.6) is 0 Å². The molecule has 9 nitrogen and oxygen atoms in total. The monoisotopic (exact) mass is 371 g/mol. The molecular weight excluding hydrogens is 342 g/mol. The Morgan fingerprint density at radius 2 is 1.88 bits per heavy atom. The molecule has 0 aromatic carbocycles. The minimum Gasteiger partial charge on any atom is -0.390 e. The Bertz CT molecular complexity index is 493. The topological polar surface area (TPSA) is 95.4 Å². The van der Waals surface area contributed by atoms with Crippen molar-refractivity contribution >= 4 is 5.95 Å². The van der Waals surface area contributed by atoms with Gasteiger partial charge in [-0.05, 0) is 6.07 Å². The summed E-state index contributed by atoms with van der Waals surface area (Å²) in [7, 11) is 1.64. The molecular formula is C17H29N3O6. The maximum absolute atomic E-state index is 9.19. The molecule has 1 aliphatic heterocycles. The van der Waals surface area contributed by atoms with Crippen LogP contribution in [-0.2, 0) is 30.3 Å². The summed E-state index contributed by atoms with van der Waals surface area (Å²) < 4.78 is 27.0. The van der Waals surface area contributed by atoms with Gasteiger partial charge in [-0.1, -0.05) is 0 Å². The Labute approximate surface area is 154 Å². The Morgan fingerprint density at radius 1 is 1.15 bits per heavy atom. The predicted molar refractivity (Wildman–Crippen MR) is 94.2 cm³/mol. The molecule has 1 aromatic heterocycles. The second kappa shape index (κ2) is 12.9. The van der Waals surface area contributed by atoms with E-state index in [1.165, 1.54) is 0 Å². The number of hydrogen-bond donors (Lipinski definition) is 1. The highest BCUT2D eigenvalue weighted by Crippen LogP contribution is 2.13. The first kappa shape index (κ1) is 20.9. The summed E-state index contributed by atoms with van der Waals surface area (Å²) in [6.45, 7) is 5.66. The lowest BCUT2D eigenvalue weighted by Gasteiger charge is -2.32. The van der Waals surface area contributed by atoms with Gasteiger partial charge in [0, 0.05) is 26.4 Å². The highest BCUT2D eigenvalue weighted by atomic mass is 16.6. The van der Waals surface area contributed by atoms with Crippen LogP contribution in [-0.4, -0.2) is 94.2 Å². The van der Waals surface area contributed by atoms with Crippen LogP contribution >= 0.6 is 0 Å². The molecule has 0 radical (unpaired) electrons. The third-order valence-electron chi connectivity index (χ3n) is 3.76. The number of anilines is 1. The number of rotatable bonds is 13. The molecule has 0 spiro atoms. The summed E-state index contributed by atoms with van der Waals surface area (Å²) in [6.07, 6.45) is 1.62. The van der Waals surface area contributed by atoms with E-state index >= 15 is 0 Å². The number of methoxy groups -OCH3 is 1. The number of aromatic nitrogens is 2. The summed E-state index contributed by atoms with van der Waals surface area (Å²) in [4.78, 5) is 10.7. The first-order valence-corrected chi connectivity index (χ1v) is 8.85. The number of ether oxygens (including phenoxy) is 5. The van der Waals surface area contributed by atoms with Gasteiger partial charge in [0.15, 0.2) is 0 Å². The van der Waals surface area contributed by atoms with E-state index in [1.54, 1.807) is 19.4 Å². The van der Waals surface area contributed by atoms with Gasteiger partial charge < -0.3 is 33.7 Å². The van der Waals surface area contributed by atoms with Crippen molar-refractivity contribution in [3.63, 3.8) is 0 Å². The average Bonchev–Trinajstić information content (AvgIpc) is 2.69. The maximum Gasteiger partial charge on any atom is 0.225 e. The standard InChI is InChI=1S/C17H29N3O6/c1-22-6-7-23-8-9-24-10-11-25-14-16-12-20(4-5-26-16)17-18-3-2-15(13-21)19-17/h2-3,16,21H,4-14H2,1H3/t16-/m0/s1. The van der Waals surface area contributed by atoms with Crippen LogP contribution in [0, 0.1) is 0 Å². The lowest BCUT2D eigenvalue weighted by Crippen LogP contribution is -2.45. The van der Waals surface area contributed by atoms with Crippen LogP contribution in [0.4, 0.5) is 5.95 Å². The molecule has 1 aliphatic rings. The minimum atomic E-state index is -0.0934. The fourth-order valence-electron chi connectivity index (χ4n) is 2.42. The highest BCUT2D eigenvalue weighted by molar-refractivity contribution is 5.31. The van der Waals surface area contributed by atoms with Gasteiger partial charge in [-0.25, -0.2) is 9.97 Å². The van der Waals surface area contributed by atoms with Crippen molar-refractivity contribution in [2.75, 3.05) is 78.0 Å². The van der Waals surface area contributed by atoms with Gasteiger partial charge in [0.05, 0.1) is 71.3 Å². The number of morpholine rings is 1. The van der Waals surface area contributed by atoms with Crippen molar-refractivity contribution in [1.82, 2.24) is 9.97 Å². The minimum absolute atomic E-state index is 0.0393. The number of hydrogen-bond acceptors (Lipinski definition) is 9. The zero-order valence-electron chi connectivity index (χ0n) is 15.3. The molecule has 2 rings (SSSR count). The quantitative estimate of drug-likeness (QED) is 0.476. The predicted octanol–water partition coefficient (Wildman–Crippen LogP) is -0.130. The van der Waals surface area contributed by atoms with Crippen LogP contribution in [0.25, 0.3) is 0 Å². The van der Waals surface area contributed by atoms with E-state index in [0.29, 0.717) is 71.0 Å². The molecule has 26 heavy (non-hydrogen) atoms. The van der Waals surface area contributed by atoms with Crippen molar-refractivity contribution in [1.29, 1.82) is 0 Å². The van der Waals surface area contributed by atoms with Gasteiger partial charge in [-0.15, -0.1) is 0 Å². The third-order valence-corrected chi connectivity index (χ3v) is 3.76. The third kappa shape index (κ3) is 7.90. The molecule has 0 bridgehead atoms. The Hall–Kier alpha value is -1.36. The molecule has 1 N–H and O–H groups in total. The molecule has 0 amide bonds. The number of nitrogens with zero attached hydrogens (tertiary/aromatic N) is 3. The smallest absolute Gasteiger partial charge is 0.225 e. The largest absolute Gasteiger partial charge is 0.390 e. The average molecular weight is 371 g/mol. The lowest BCUT2D eigenvalue weighted by molar-refractivity contribution is -0.0420. The summed E-state index contributed by atoms with van der Waals surface area (Å²) in [5.41, 5.74) is 0.609. The summed E-state index contributed by atoms with van der Waals surface area (Å²) in [6, 6.07) is 1.70. The molecule has 1 aromatic rings. The van der Waals surface area contributed by atoms with Crippen molar-refractivity contribution < 1.29 is 28.8 Å². The Balaban J connectivity index is 1.56. The molecule has 0 unspecified atom stereocenters. The van der Waals surface area contributed by atoms with Crippen molar-refractivity contribution in [2.24, 2.45) is 0 Å². The summed E-state index contributed by atoms with van der Waals surface area (Å²) >= 11 is 0. The van der Waals surface area contributed by atoms with Gasteiger partial charge >= 0.3 is 0 Å². The molecule has 9 heteroatoms. The van der Waals surface area contributed by atoms with E-state index in [-0.39, 0.29) is 12.7 Å². The van der Waals surface area contributed by atoms with E-state index in [2.05, 4.69) is 9.97 Å². The van der Waals surface area contributed by atoms with Crippen LogP contribution < -0.4 is 4.90 Å². The normalized spacial score (nSPS) is 17.6. The second-order valence-corrected chi connectivity index (χ2v) is 5.74. The SMILES string of the molecule is COCCOCCOCCOC[C@@H]1CN(c2nccc(CO)n2)CCO1. The summed E-state index contributed by atoms with van der Waals surface area (Å²) in [5, 5.41) is 9.19. The van der Waals surface area contributed by atoms with E-state index in [4.69, 9.17) is 23.7 Å². The molecule has 0 aliphatic carbocycles. The van der Waals surface area contributed by atoms with Gasteiger partial charge in [-0.2, -0.15) is 0 Å². The fourth-order valence-corrected chi connectivity index (χ4v) is 2.42. The molecule has 0 saturated carbocycles. The Kier molecular flexibility index (Phi) is 10.4. The lowest BCUT2D eigenvalue weighted by atomic mass is 10.3. The first-order valence-electron chi connectivity index (χ1n) is 8.85. The Morgan fingerprint density at radius 3 is 2.62 bits per heavy atom. The van der Waals surface area contributed by atoms with E-state index in [9.17, 15) is 5.11 Å². The van der Waals surface area contributed by atoms with Crippen molar-refractivity contribution in [2.45, 2.75) is 12.7 Å². The van der Waals surface area contributed by atoms with Crippen molar-refractivity contribution in [3.05, 3.63) is 18.0 Å². The molecule has 1 fully saturated rings. The van der Waals surface area contributed by atoms with Crippen LogP contribution in [0.1, 0.15) is 5.69 Å². The molecule has 148 valence electrons. The zero-order valence-corrected chi connectivity index (χ0v) is 15.3. The van der Waals surface area contributed by atoms with E-state index < -0.39 is 0 Å². The zero-order chi connectivity index (χ0) is 18.5. The van der Waals surface area contributed by atoms with Gasteiger partial charge in [0.1, 0.15) is 0 Å². The van der Waals surface area contributed by atoms with Gasteiger partial charge in [0.2, 0.25) is 5.95 Å². The van der Waals surface area contributed by atoms with Gasteiger partial charge in [-0.3, -0.25) is 0 Å².